The van der Waals surface area contributed by atoms with Crippen molar-refractivity contribution in [2.75, 3.05) is 25.5 Å². The number of rotatable bonds is 3. The number of fused-ring (bicyclic) bond motifs is 1. The van der Waals surface area contributed by atoms with Gasteiger partial charge in [-0.2, -0.15) is 0 Å². The highest BCUT2D eigenvalue weighted by molar-refractivity contribution is 5.73. The number of urea groups is 1. The van der Waals surface area contributed by atoms with Crippen LogP contribution in [0.2, 0.25) is 0 Å². The summed E-state index contributed by atoms with van der Waals surface area (Å²) in [5, 5.41) is 8.81. The molecular formula is C13H19N3O. The van der Waals surface area contributed by atoms with Crippen LogP contribution in [-0.4, -0.2) is 26.2 Å². The van der Waals surface area contributed by atoms with Crippen molar-refractivity contribution in [1.82, 2.24) is 10.6 Å². The monoisotopic (exact) mass is 233 g/mol. The van der Waals surface area contributed by atoms with Gasteiger partial charge in [0.2, 0.25) is 0 Å². The molecule has 0 saturated carbocycles. The molecule has 0 fully saturated rings. The number of aryl methyl sites for hydroxylation is 1. The molecule has 4 heteroatoms. The minimum absolute atomic E-state index is 0.122. The minimum Gasteiger partial charge on any atom is -0.385 e. The fraction of sp³-hybridized carbons (Fsp3) is 0.462. The van der Waals surface area contributed by atoms with E-state index in [1.54, 1.807) is 7.05 Å². The zero-order valence-electron chi connectivity index (χ0n) is 10.2. The normalized spacial score (nSPS) is 13.5. The first-order chi connectivity index (χ1) is 8.31. The Morgan fingerprint density at radius 1 is 1.47 bits per heavy atom. The molecule has 2 rings (SSSR count). The van der Waals surface area contributed by atoms with E-state index in [4.69, 9.17) is 0 Å². The van der Waals surface area contributed by atoms with Crippen LogP contribution in [0.3, 0.4) is 0 Å². The van der Waals surface area contributed by atoms with Crippen LogP contribution in [0.15, 0.2) is 18.2 Å². The maximum Gasteiger partial charge on any atom is 0.314 e. The first kappa shape index (κ1) is 11.8. The fourth-order valence-electron chi connectivity index (χ4n) is 2.19. The Labute approximate surface area is 102 Å². The zero-order chi connectivity index (χ0) is 12.1. The molecule has 2 amide bonds. The molecule has 0 bridgehead atoms. The minimum atomic E-state index is -0.122. The van der Waals surface area contributed by atoms with E-state index in [0.717, 1.165) is 19.4 Å². The lowest BCUT2D eigenvalue weighted by Crippen LogP contribution is -2.34. The summed E-state index contributed by atoms with van der Waals surface area (Å²) in [7, 11) is 1.63. The number of benzene rings is 1. The molecule has 0 aliphatic carbocycles. The summed E-state index contributed by atoms with van der Waals surface area (Å²) >= 11 is 0. The van der Waals surface area contributed by atoms with E-state index in [9.17, 15) is 4.79 Å². The van der Waals surface area contributed by atoms with Gasteiger partial charge in [-0.3, -0.25) is 0 Å². The van der Waals surface area contributed by atoms with Gasteiger partial charge < -0.3 is 16.0 Å². The van der Waals surface area contributed by atoms with Crippen LogP contribution in [0.4, 0.5) is 10.5 Å². The quantitative estimate of drug-likeness (QED) is 0.741. The Kier molecular flexibility index (Phi) is 3.85. The molecule has 0 unspecified atom stereocenters. The molecule has 0 aromatic heterocycles. The van der Waals surface area contributed by atoms with Crippen molar-refractivity contribution < 1.29 is 4.79 Å². The standard InChI is InChI=1S/C13H19N3O/c1-14-13(17)16-9-7-11-5-2-4-10-6-3-8-15-12(10)11/h2,4-5,15H,3,6-9H2,1H3,(H2,14,16,17). The topological polar surface area (TPSA) is 53.2 Å². The maximum atomic E-state index is 11.1. The molecular weight excluding hydrogens is 214 g/mol. The molecule has 1 aromatic carbocycles. The molecule has 1 aliphatic rings. The number of para-hydroxylation sites is 1. The lowest BCUT2D eigenvalue weighted by Gasteiger charge is -2.21. The van der Waals surface area contributed by atoms with E-state index >= 15 is 0 Å². The Balaban J connectivity index is 1.98. The second-order valence-electron chi connectivity index (χ2n) is 4.24. The van der Waals surface area contributed by atoms with Crippen molar-refractivity contribution in [3.8, 4) is 0 Å². The van der Waals surface area contributed by atoms with Crippen LogP contribution in [0.5, 0.6) is 0 Å². The highest BCUT2D eigenvalue weighted by atomic mass is 16.2. The van der Waals surface area contributed by atoms with Crippen LogP contribution in [0.25, 0.3) is 0 Å². The van der Waals surface area contributed by atoms with Gasteiger partial charge in [0.1, 0.15) is 0 Å². The second-order valence-corrected chi connectivity index (χ2v) is 4.24. The number of carbonyl (C=O) groups excluding carboxylic acids is 1. The molecule has 0 radical (unpaired) electrons. The number of anilines is 1. The van der Waals surface area contributed by atoms with Crippen LogP contribution < -0.4 is 16.0 Å². The summed E-state index contributed by atoms with van der Waals surface area (Å²) in [6, 6.07) is 6.28. The third-order valence-electron chi connectivity index (χ3n) is 3.07. The fourth-order valence-corrected chi connectivity index (χ4v) is 2.19. The third kappa shape index (κ3) is 2.90. The van der Waals surface area contributed by atoms with E-state index < -0.39 is 0 Å². The number of carbonyl (C=O) groups is 1. The summed E-state index contributed by atoms with van der Waals surface area (Å²) in [4.78, 5) is 11.1. The lowest BCUT2D eigenvalue weighted by molar-refractivity contribution is 0.243. The molecule has 0 atom stereocenters. The molecule has 1 aromatic rings. The smallest absolute Gasteiger partial charge is 0.314 e. The van der Waals surface area contributed by atoms with Gasteiger partial charge in [0.05, 0.1) is 0 Å². The first-order valence-electron chi connectivity index (χ1n) is 6.11. The van der Waals surface area contributed by atoms with Gasteiger partial charge in [-0.15, -0.1) is 0 Å². The van der Waals surface area contributed by atoms with Crippen LogP contribution in [0, 0.1) is 0 Å². The highest BCUT2D eigenvalue weighted by Gasteiger charge is 2.11. The van der Waals surface area contributed by atoms with E-state index in [1.807, 2.05) is 0 Å². The van der Waals surface area contributed by atoms with Crippen LogP contribution in [0.1, 0.15) is 17.5 Å². The predicted molar refractivity (Wildman–Crippen MR) is 69.4 cm³/mol. The van der Waals surface area contributed by atoms with E-state index in [2.05, 4.69) is 34.1 Å². The van der Waals surface area contributed by atoms with Gasteiger partial charge in [-0.05, 0) is 30.4 Å². The van der Waals surface area contributed by atoms with Gasteiger partial charge in [0.25, 0.3) is 0 Å². The van der Waals surface area contributed by atoms with Gasteiger partial charge in [0.15, 0.2) is 0 Å². The van der Waals surface area contributed by atoms with Gasteiger partial charge in [0, 0.05) is 25.8 Å². The number of hydrogen-bond acceptors (Lipinski definition) is 2. The molecule has 4 nitrogen and oxygen atoms in total. The molecule has 1 heterocycles. The van der Waals surface area contributed by atoms with Gasteiger partial charge in [-0.25, -0.2) is 4.79 Å². The maximum absolute atomic E-state index is 11.1. The van der Waals surface area contributed by atoms with E-state index in [-0.39, 0.29) is 6.03 Å². The van der Waals surface area contributed by atoms with Crippen molar-refractivity contribution in [2.45, 2.75) is 19.3 Å². The zero-order valence-corrected chi connectivity index (χ0v) is 10.2. The Bertz CT molecular complexity index is 404. The van der Waals surface area contributed by atoms with Crippen molar-refractivity contribution >= 4 is 11.7 Å². The second kappa shape index (κ2) is 5.57. The van der Waals surface area contributed by atoms with E-state index in [0.29, 0.717) is 6.54 Å². The Morgan fingerprint density at radius 2 is 2.35 bits per heavy atom. The van der Waals surface area contributed by atoms with Crippen LogP contribution >= 0.6 is 0 Å². The molecule has 0 spiro atoms. The molecule has 17 heavy (non-hydrogen) atoms. The summed E-state index contributed by atoms with van der Waals surface area (Å²) in [5.74, 6) is 0. The SMILES string of the molecule is CNC(=O)NCCc1cccc2c1NCCC2. The molecule has 92 valence electrons. The lowest BCUT2D eigenvalue weighted by atomic mass is 9.98. The first-order valence-corrected chi connectivity index (χ1v) is 6.11. The molecule has 1 aliphatic heterocycles. The van der Waals surface area contributed by atoms with Crippen LogP contribution in [-0.2, 0) is 12.8 Å². The summed E-state index contributed by atoms with van der Waals surface area (Å²) < 4.78 is 0. The summed E-state index contributed by atoms with van der Waals surface area (Å²) in [6.45, 7) is 1.71. The summed E-state index contributed by atoms with van der Waals surface area (Å²) in [6.07, 6.45) is 3.22. The van der Waals surface area contributed by atoms with Gasteiger partial charge >= 0.3 is 6.03 Å². The molecule has 3 N–H and O–H groups in total. The Morgan fingerprint density at radius 3 is 3.18 bits per heavy atom. The molecule has 0 saturated heterocycles. The van der Waals surface area contributed by atoms with Crippen molar-refractivity contribution in [3.05, 3.63) is 29.3 Å². The largest absolute Gasteiger partial charge is 0.385 e. The van der Waals surface area contributed by atoms with Crippen molar-refractivity contribution in [3.63, 3.8) is 0 Å². The number of amides is 2. The summed E-state index contributed by atoms with van der Waals surface area (Å²) in [5.41, 5.74) is 3.96. The average Bonchev–Trinajstić information content (AvgIpc) is 2.39. The number of nitrogens with one attached hydrogen (secondary N) is 3. The van der Waals surface area contributed by atoms with Gasteiger partial charge in [-0.1, -0.05) is 18.2 Å². The Hall–Kier alpha value is -1.71. The van der Waals surface area contributed by atoms with Crippen molar-refractivity contribution in [2.24, 2.45) is 0 Å². The predicted octanol–water partition coefficient (Wildman–Crippen LogP) is 1.52. The third-order valence-corrected chi connectivity index (χ3v) is 3.07. The van der Waals surface area contributed by atoms with Crippen molar-refractivity contribution in [1.29, 1.82) is 0 Å². The highest BCUT2D eigenvalue weighted by Crippen LogP contribution is 2.26. The number of hydrogen-bond donors (Lipinski definition) is 3. The average molecular weight is 233 g/mol. The van der Waals surface area contributed by atoms with E-state index in [1.165, 1.54) is 23.2 Å².